The highest BCUT2D eigenvalue weighted by Gasteiger charge is 2.63. The maximum atomic E-state index is 13.3. The number of hydrogen-bond donors (Lipinski definition) is 3. The van der Waals surface area contributed by atoms with Crippen molar-refractivity contribution >= 4 is 5.78 Å². The van der Waals surface area contributed by atoms with Gasteiger partial charge in [-0.25, -0.2) is 0 Å². The second-order valence-electron chi connectivity index (χ2n) is 13.4. The van der Waals surface area contributed by atoms with Crippen LogP contribution in [-0.2, 0) is 4.79 Å². The highest BCUT2D eigenvalue weighted by molar-refractivity contribution is 5.83. The number of carbonyl (C=O) groups is 1. The van der Waals surface area contributed by atoms with Crippen LogP contribution in [0.1, 0.15) is 99.3 Å². The monoisotopic (exact) mass is 462 g/mol. The average Bonchev–Trinajstić information content (AvgIpc) is 3.11. The number of hydrogen-bond acceptors (Lipinski definition) is 4. The molecule has 0 bridgehead atoms. The highest BCUT2D eigenvalue weighted by Crippen LogP contribution is 2.67. The molecule has 0 heterocycles. The van der Waals surface area contributed by atoms with Crippen LogP contribution in [0.5, 0.6) is 0 Å². The highest BCUT2D eigenvalue weighted by atomic mass is 16.3. The largest absolute Gasteiger partial charge is 0.393 e. The summed E-state index contributed by atoms with van der Waals surface area (Å²) >= 11 is 0. The minimum atomic E-state index is -0.689. The van der Waals surface area contributed by atoms with E-state index in [1.807, 2.05) is 0 Å². The van der Waals surface area contributed by atoms with Gasteiger partial charge < -0.3 is 15.3 Å². The maximum absolute atomic E-state index is 13.3. The van der Waals surface area contributed by atoms with E-state index in [1.54, 1.807) is 0 Å². The number of rotatable bonds is 6. The summed E-state index contributed by atoms with van der Waals surface area (Å²) in [5.41, 5.74) is 0.185. The van der Waals surface area contributed by atoms with Gasteiger partial charge in [-0.1, -0.05) is 48.0 Å². The van der Waals surface area contributed by atoms with Crippen LogP contribution in [0.4, 0.5) is 0 Å². The molecular weight excluding hydrogens is 412 g/mol. The Morgan fingerprint density at radius 2 is 1.58 bits per heavy atom. The number of carbonyl (C=O) groups excluding carboxylic acids is 1. The topological polar surface area (TPSA) is 77.8 Å². The Kier molecular flexibility index (Phi) is 7.15. The SMILES string of the molecule is CC[C@@H](C(C)C)C(O)C(O)[C@@H](C)[C@H]1CC[C@H]2[C@@H]3CC(=O)C4CC(O)CC[C@]4(C)[C@H]3CC[C@]12C. The minimum Gasteiger partial charge on any atom is -0.393 e. The van der Waals surface area contributed by atoms with E-state index in [2.05, 4.69) is 41.5 Å². The fourth-order valence-corrected chi connectivity index (χ4v) is 9.83. The molecule has 4 rings (SSSR count). The van der Waals surface area contributed by atoms with Crippen LogP contribution in [0, 0.1) is 58.2 Å². The van der Waals surface area contributed by atoms with Gasteiger partial charge in [0.2, 0.25) is 0 Å². The Morgan fingerprint density at radius 3 is 2.21 bits per heavy atom. The summed E-state index contributed by atoms with van der Waals surface area (Å²) in [6.45, 7) is 13.3. The average molecular weight is 463 g/mol. The van der Waals surface area contributed by atoms with E-state index in [-0.39, 0.29) is 34.7 Å². The van der Waals surface area contributed by atoms with Crippen LogP contribution >= 0.6 is 0 Å². The van der Waals surface area contributed by atoms with Gasteiger partial charge in [-0.15, -0.1) is 0 Å². The van der Waals surface area contributed by atoms with E-state index >= 15 is 0 Å². The van der Waals surface area contributed by atoms with Gasteiger partial charge in [0.25, 0.3) is 0 Å². The Bertz CT molecular complexity index is 720. The fourth-order valence-electron chi connectivity index (χ4n) is 9.83. The quantitative estimate of drug-likeness (QED) is 0.505. The third-order valence-electron chi connectivity index (χ3n) is 11.8. The molecule has 4 unspecified atom stereocenters. The molecule has 0 aromatic carbocycles. The van der Waals surface area contributed by atoms with Gasteiger partial charge in [-0.3, -0.25) is 4.79 Å². The molecule has 0 aliphatic heterocycles. The van der Waals surface area contributed by atoms with Crippen LogP contribution in [0.2, 0.25) is 0 Å². The molecule has 33 heavy (non-hydrogen) atoms. The van der Waals surface area contributed by atoms with Gasteiger partial charge in [0, 0.05) is 12.3 Å². The Morgan fingerprint density at radius 1 is 0.939 bits per heavy atom. The summed E-state index contributed by atoms with van der Waals surface area (Å²) in [5.74, 6) is 2.94. The van der Waals surface area contributed by atoms with Crippen LogP contribution in [0.25, 0.3) is 0 Å². The normalized spacial score (nSPS) is 46.8. The molecule has 0 aromatic heterocycles. The van der Waals surface area contributed by atoms with Crippen LogP contribution < -0.4 is 0 Å². The van der Waals surface area contributed by atoms with Gasteiger partial charge in [0.05, 0.1) is 18.3 Å². The van der Waals surface area contributed by atoms with Crippen molar-refractivity contribution in [3.63, 3.8) is 0 Å². The molecule has 4 aliphatic rings. The molecular formula is C29H50O4. The molecule has 4 saturated carbocycles. The molecule has 0 spiro atoms. The fraction of sp³-hybridized carbons (Fsp3) is 0.966. The lowest BCUT2D eigenvalue weighted by atomic mass is 9.44. The smallest absolute Gasteiger partial charge is 0.136 e. The van der Waals surface area contributed by atoms with E-state index in [0.29, 0.717) is 48.2 Å². The lowest BCUT2D eigenvalue weighted by Crippen LogP contribution is -2.57. The van der Waals surface area contributed by atoms with Crippen LogP contribution in [0.15, 0.2) is 0 Å². The van der Waals surface area contributed by atoms with Crippen molar-refractivity contribution in [3.05, 3.63) is 0 Å². The van der Waals surface area contributed by atoms with Crippen LogP contribution in [-0.4, -0.2) is 39.4 Å². The molecule has 4 nitrogen and oxygen atoms in total. The summed E-state index contributed by atoms with van der Waals surface area (Å²) in [7, 11) is 0. The van der Waals surface area contributed by atoms with Gasteiger partial charge in [-0.2, -0.15) is 0 Å². The van der Waals surface area contributed by atoms with E-state index < -0.39 is 12.2 Å². The van der Waals surface area contributed by atoms with Crippen molar-refractivity contribution in [2.24, 2.45) is 58.2 Å². The summed E-state index contributed by atoms with van der Waals surface area (Å²) < 4.78 is 0. The first-order valence-electron chi connectivity index (χ1n) is 14.0. The molecule has 0 amide bonds. The zero-order valence-corrected chi connectivity index (χ0v) is 22.0. The molecule has 0 radical (unpaired) electrons. The van der Waals surface area contributed by atoms with Gasteiger partial charge in [0.1, 0.15) is 5.78 Å². The molecule has 4 heteroatoms. The first kappa shape index (κ1) is 25.6. The second-order valence-corrected chi connectivity index (χ2v) is 13.4. The molecule has 0 aromatic rings. The predicted octanol–water partition coefficient (Wildman–Crippen LogP) is 5.23. The molecule has 12 atom stereocenters. The first-order valence-corrected chi connectivity index (χ1v) is 14.0. The molecule has 0 saturated heterocycles. The standard InChI is InChI=1S/C29H50O4/c1-7-19(16(2)3)27(33)26(32)17(4)21-8-9-22-20-15-25(31)24-14-18(30)10-12-29(24,6)23(20)11-13-28(21,22)5/h16-24,26-27,30,32-33H,7-15H2,1-6H3/t17-,18?,19-,20-,21+,22-,23-,24?,26?,27?,28+,29+/m0/s1. The number of aliphatic hydroxyl groups is 3. The third-order valence-corrected chi connectivity index (χ3v) is 11.8. The van der Waals surface area contributed by atoms with Crippen molar-refractivity contribution in [1.29, 1.82) is 0 Å². The lowest BCUT2D eigenvalue weighted by molar-refractivity contribution is -0.161. The number of fused-ring (bicyclic) bond motifs is 5. The summed E-state index contributed by atoms with van der Waals surface area (Å²) in [5, 5.41) is 32.6. The number of ketones is 1. The Balaban J connectivity index is 1.54. The van der Waals surface area contributed by atoms with Crippen molar-refractivity contribution in [2.45, 2.75) is 118 Å². The predicted molar refractivity (Wildman–Crippen MR) is 131 cm³/mol. The summed E-state index contributed by atoms with van der Waals surface area (Å²) in [4.78, 5) is 13.3. The molecule has 3 N–H and O–H groups in total. The molecule has 4 fully saturated rings. The minimum absolute atomic E-state index is 0.0435. The van der Waals surface area contributed by atoms with Crippen LogP contribution in [0.3, 0.4) is 0 Å². The van der Waals surface area contributed by atoms with Crippen molar-refractivity contribution in [2.75, 3.05) is 0 Å². The molecule has 4 aliphatic carbocycles. The van der Waals surface area contributed by atoms with Crippen molar-refractivity contribution in [3.8, 4) is 0 Å². The molecule has 190 valence electrons. The van der Waals surface area contributed by atoms with E-state index in [1.165, 1.54) is 6.42 Å². The van der Waals surface area contributed by atoms with Crippen molar-refractivity contribution < 1.29 is 20.1 Å². The summed E-state index contributed by atoms with van der Waals surface area (Å²) in [6, 6.07) is 0. The first-order chi connectivity index (χ1) is 15.5. The lowest BCUT2D eigenvalue weighted by Gasteiger charge is -2.60. The van der Waals surface area contributed by atoms with Gasteiger partial charge >= 0.3 is 0 Å². The zero-order chi connectivity index (χ0) is 24.3. The third kappa shape index (κ3) is 4.04. The summed E-state index contributed by atoms with van der Waals surface area (Å²) in [6.07, 6.45) is 6.96. The zero-order valence-electron chi connectivity index (χ0n) is 22.0. The van der Waals surface area contributed by atoms with Gasteiger partial charge in [0.15, 0.2) is 0 Å². The van der Waals surface area contributed by atoms with Crippen molar-refractivity contribution in [1.82, 2.24) is 0 Å². The Labute approximate surface area is 201 Å². The number of aliphatic hydroxyl groups excluding tert-OH is 3. The van der Waals surface area contributed by atoms with E-state index in [4.69, 9.17) is 0 Å². The van der Waals surface area contributed by atoms with E-state index in [9.17, 15) is 20.1 Å². The van der Waals surface area contributed by atoms with E-state index in [0.717, 1.165) is 38.5 Å². The maximum Gasteiger partial charge on any atom is 0.136 e. The Hall–Kier alpha value is -0.450. The number of Topliss-reactive ketones (excluding diaryl/α,β-unsaturated/α-hetero) is 1. The van der Waals surface area contributed by atoms with Gasteiger partial charge in [-0.05, 0) is 97.2 Å². The second kappa shape index (κ2) is 9.21.